The highest BCUT2D eigenvalue weighted by atomic mass is 79.9. The summed E-state index contributed by atoms with van der Waals surface area (Å²) in [6, 6.07) is 9.33. The summed E-state index contributed by atoms with van der Waals surface area (Å²) in [6.45, 7) is 5.83. The summed E-state index contributed by atoms with van der Waals surface area (Å²) in [7, 11) is 1.64. The Balaban J connectivity index is 1.90. The molecule has 0 unspecified atom stereocenters. The van der Waals surface area contributed by atoms with E-state index in [1.807, 2.05) is 45.0 Å². The van der Waals surface area contributed by atoms with Gasteiger partial charge in [-0.25, -0.2) is 5.43 Å². The number of benzene rings is 2. The van der Waals surface area contributed by atoms with E-state index in [9.17, 15) is 4.79 Å². The molecule has 0 radical (unpaired) electrons. The highest BCUT2D eigenvalue weighted by Crippen LogP contribution is 2.23. The summed E-state index contributed by atoms with van der Waals surface area (Å²) >= 11 is 3.42. The first kappa shape index (κ1) is 19.0. The van der Waals surface area contributed by atoms with Crippen molar-refractivity contribution in [3.8, 4) is 11.5 Å². The predicted octanol–water partition coefficient (Wildman–Crippen LogP) is 3.91. The molecule has 25 heavy (non-hydrogen) atoms. The van der Waals surface area contributed by atoms with E-state index in [0.29, 0.717) is 5.75 Å². The van der Waals surface area contributed by atoms with Crippen LogP contribution in [0.4, 0.5) is 0 Å². The van der Waals surface area contributed by atoms with Gasteiger partial charge in [0.25, 0.3) is 5.91 Å². The first-order chi connectivity index (χ1) is 11.9. The van der Waals surface area contributed by atoms with Crippen LogP contribution in [0.2, 0.25) is 0 Å². The third-order valence-corrected chi connectivity index (χ3v) is 4.78. The number of amides is 1. The van der Waals surface area contributed by atoms with Crippen molar-refractivity contribution >= 4 is 28.1 Å². The number of aryl methyl sites for hydroxylation is 1. The fourth-order valence-electron chi connectivity index (χ4n) is 2.24. The number of carbonyl (C=O) groups is 1. The lowest BCUT2D eigenvalue weighted by Gasteiger charge is -2.09. The molecule has 5 nitrogen and oxygen atoms in total. The van der Waals surface area contributed by atoms with Crippen LogP contribution < -0.4 is 14.9 Å². The molecule has 1 N–H and O–H groups in total. The lowest BCUT2D eigenvalue weighted by molar-refractivity contribution is -0.123. The van der Waals surface area contributed by atoms with Crippen LogP contribution in [0, 0.1) is 20.8 Å². The Labute approximate surface area is 156 Å². The minimum absolute atomic E-state index is 0.0982. The number of hydrogen-bond acceptors (Lipinski definition) is 4. The van der Waals surface area contributed by atoms with Gasteiger partial charge >= 0.3 is 0 Å². The summed E-state index contributed by atoms with van der Waals surface area (Å²) in [5.41, 5.74) is 6.53. The van der Waals surface area contributed by atoms with Gasteiger partial charge in [-0.2, -0.15) is 5.10 Å². The molecule has 0 bridgehead atoms. The number of nitrogens with zero attached hydrogens (tertiary/aromatic N) is 1. The second-order valence-electron chi connectivity index (χ2n) is 5.60. The van der Waals surface area contributed by atoms with E-state index < -0.39 is 0 Å². The molecule has 6 heteroatoms. The number of carbonyl (C=O) groups excluding carboxylic acids is 1. The van der Waals surface area contributed by atoms with Gasteiger partial charge in [-0.1, -0.05) is 15.9 Å². The average molecular weight is 405 g/mol. The lowest BCUT2D eigenvalue weighted by atomic mass is 10.0. The first-order valence-corrected chi connectivity index (χ1v) is 8.56. The third kappa shape index (κ3) is 5.06. The van der Waals surface area contributed by atoms with Gasteiger partial charge in [0.05, 0.1) is 13.3 Å². The van der Waals surface area contributed by atoms with Crippen molar-refractivity contribution < 1.29 is 14.3 Å². The molecule has 0 atom stereocenters. The largest absolute Gasteiger partial charge is 0.496 e. The Morgan fingerprint density at radius 2 is 1.96 bits per heavy atom. The van der Waals surface area contributed by atoms with Gasteiger partial charge in [-0.15, -0.1) is 0 Å². The van der Waals surface area contributed by atoms with Crippen molar-refractivity contribution in [2.45, 2.75) is 20.8 Å². The van der Waals surface area contributed by atoms with Gasteiger partial charge in [0.2, 0.25) is 0 Å². The summed E-state index contributed by atoms with van der Waals surface area (Å²) in [6.07, 6.45) is 1.61. The van der Waals surface area contributed by atoms with E-state index in [0.717, 1.165) is 32.5 Å². The second kappa shape index (κ2) is 8.67. The molecule has 0 saturated carbocycles. The molecule has 2 rings (SSSR count). The Kier molecular flexibility index (Phi) is 6.58. The van der Waals surface area contributed by atoms with Crippen molar-refractivity contribution in [1.82, 2.24) is 5.43 Å². The molecule has 0 aliphatic carbocycles. The minimum Gasteiger partial charge on any atom is -0.496 e. The van der Waals surface area contributed by atoms with E-state index in [1.165, 1.54) is 0 Å². The fourth-order valence-corrected chi connectivity index (χ4v) is 2.49. The molecule has 0 aliphatic rings. The maximum atomic E-state index is 11.8. The number of methoxy groups -OCH3 is 1. The molecule has 2 aromatic rings. The van der Waals surface area contributed by atoms with Crippen molar-refractivity contribution in [2.75, 3.05) is 13.7 Å². The first-order valence-electron chi connectivity index (χ1n) is 7.77. The molecule has 2 aromatic carbocycles. The average Bonchev–Trinajstić information content (AvgIpc) is 2.60. The molecule has 0 saturated heterocycles. The topological polar surface area (TPSA) is 59.9 Å². The second-order valence-corrected chi connectivity index (χ2v) is 6.45. The molecular formula is C19H21BrN2O3. The highest BCUT2D eigenvalue weighted by molar-refractivity contribution is 9.10. The number of hydrazone groups is 1. The standard InChI is InChI=1S/C19H21BrN2O3/c1-12-9-16(6-7-17(12)20)25-11-19(23)22-21-10-15-5-8-18(24-4)14(3)13(15)2/h5-10H,11H2,1-4H3,(H,22,23). The molecule has 0 aromatic heterocycles. The van der Waals surface area contributed by atoms with Gasteiger partial charge < -0.3 is 9.47 Å². The van der Waals surface area contributed by atoms with E-state index in [1.54, 1.807) is 19.4 Å². The van der Waals surface area contributed by atoms with Crippen LogP contribution in [0.3, 0.4) is 0 Å². The van der Waals surface area contributed by atoms with Crippen LogP contribution >= 0.6 is 15.9 Å². The van der Waals surface area contributed by atoms with Crippen LogP contribution in [0.1, 0.15) is 22.3 Å². The van der Waals surface area contributed by atoms with Gasteiger partial charge in [-0.05, 0) is 73.4 Å². The summed E-state index contributed by atoms with van der Waals surface area (Å²) < 4.78 is 11.7. The number of hydrogen-bond donors (Lipinski definition) is 1. The van der Waals surface area contributed by atoms with Gasteiger partial charge in [0, 0.05) is 4.47 Å². The van der Waals surface area contributed by atoms with Crippen LogP contribution in [-0.4, -0.2) is 25.8 Å². The van der Waals surface area contributed by atoms with Crippen LogP contribution in [0.5, 0.6) is 11.5 Å². The summed E-state index contributed by atoms with van der Waals surface area (Å²) in [5.74, 6) is 1.15. The molecule has 0 aliphatic heterocycles. The smallest absolute Gasteiger partial charge is 0.277 e. The number of nitrogens with one attached hydrogen (secondary N) is 1. The zero-order valence-corrected chi connectivity index (χ0v) is 16.3. The molecular weight excluding hydrogens is 384 g/mol. The predicted molar refractivity (Wildman–Crippen MR) is 103 cm³/mol. The zero-order chi connectivity index (χ0) is 18.4. The third-order valence-electron chi connectivity index (χ3n) is 3.89. The van der Waals surface area contributed by atoms with Gasteiger partial charge in [0.15, 0.2) is 6.61 Å². The van der Waals surface area contributed by atoms with Crippen molar-refractivity contribution in [3.05, 3.63) is 57.1 Å². The quantitative estimate of drug-likeness (QED) is 0.586. The Bertz CT molecular complexity index is 803. The van der Waals surface area contributed by atoms with E-state index in [4.69, 9.17) is 9.47 Å². The van der Waals surface area contributed by atoms with Crippen molar-refractivity contribution in [2.24, 2.45) is 5.10 Å². The van der Waals surface area contributed by atoms with Crippen LogP contribution in [-0.2, 0) is 4.79 Å². The number of rotatable bonds is 6. The SMILES string of the molecule is COc1ccc(C=NNC(=O)COc2ccc(Br)c(C)c2)c(C)c1C. The zero-order valence-electron chi connectivity index (χ0n) is 14.7. The van der Waals surface area contributed by atoms with Crippen molar-refractivity contribution in [1.29, 1.82) is 0 Å². The Hall–Kier alpha value is -2.34. The molecule has 0 spiro atoms. The fraction of sp³-hybridized carbons (Fsp3) is 0.263. The molecule has 1 amide bonds. The van der Waals surface area contributed by atoms with Gasteiger partial charge in [0.1, 0.15) is 11.5 Å². The molecule has 0 fully saturated rings. The van der Waals surface area contributed by atoms with Gasteiger partial charge in [-0.3, -0.25) is 4.79 Å². The van der Waals surface area contributed by atoms with Crippen LogP contribution in [0.25, 0.3) is 0 Å². The Morgan fingerprint density at radius 3 is 2.64 bits per heavy atom. The van der Waals surface area contributed by atoms with E-state index in [-0.39, 0.29) is 12.5 Å². The maximum Gasteiger partial charge on any atom is 0.277 e. The molecule has 0 heterocycles. The normalized spacial score (nSPS) is 10.8. The van der Waals surface area contributed by atoms with Crippen LogP contribution in [0.15, 0.2) is 39.9 Å². The maximum absolute atomic E-state index is 11.8. The Morgan fingerprint density at radius 1 is 1.20 bits per heavy atom. The molecule has 132 valence electrons. The highest BCUT2D eigenvalue weighted by Gasteiger charge is 2.06. The minimum atomic E-state index is -0.320. The monoisotopic (exact) mass is 404 g/mol. The van der Waals surface area contributed by atoms with Crippen molar-refractivity contribution in [3.63, 3.8) is 0 Å². The summed E-state index contributed by atoms with van der Waals surface area (Å²) in [5, 5.41) is 3.99. The van der Waals surface area contributed by atoms with E-state index >= 15 is 0 Å². The number of halogens is 1. The number of ether oxygens (including phenoxy) is 2. The summed E-state index contributed by atoms with van der Waals surface area (Å²) in [4.78, 5) is 11.8. The van der Waals surface area contributed by atoms with E-state index in [2.05, 4.69) is 26.5 Å². The lowest BCUT2D eigenvalue weighted by Crippen LogP contribution is -2.24.